The van der Waals surface area contributed by atoms with E-state index in [9.17, 15) is 0 Å². The van der Waals surface area contributed by atoms with Crippen LogP contribution < -0.4 is 16.0 Å². The summed E-state index contributed by atoms with van der Waals surface area (Å²) in [6.45, 7) is 2.55. The smallest absolute Gasteiger partial charge is 0.222 e. The monoisotopic (exact) mass is 336 g/mol. The van der Waals surface area contributed by atoms with E-state index in [1.54, 1.807) is 0 Å². The third-order valence-corrected chi connectivity index (χ3v) is 3.36. The van der Waals surface area contributed by atoms with Gasteiger partial charge in [0.25, 0.3) is 0 Å². The lowest BCUT2D eigenvalue weighted by Gasteiger charge is -2.12. The van der Waals surface area contributed by atoms with Crippen molar-refractivity contribution >= 4 is 21.7 Å². The molecule has 0 atom stereocenters. The Kier molecular flexibility index (Phi) is 5.31. The second-order valence-corrected chi connectivity index (χ2v) is 5.23. The van der Waals surface area contributed by atoms with Crippen LogP contribution in [0, 0.1) is 0 Å². The Labute approximate surface area is 126 Å². The highest BCUT2D eigenvalue weighted by Crippen LogP contribution is 2.24. The van der Waals surface area contributed by atoms with Crippen molar-refractivity contribution < 1.29 is 4.74 Å². The molecule has 0 spiro atoms. The fraction of sp³-hybridized carbons (Fsp3) is 0.286. The van der Waals surface area contributed by atoms with Crippen LogP contribution in [-0.4, -0.2) is 9.97 Å². The molecular formula is C14H17BrN4O. The molecule has 6 heteroatoms. The molecule has 0 amide bonds. The van der Waals surface area contributed by atoms with E-state index < -0.39 is 0 Å². The summed E-state index contributed by atoms with van der Waals surface area (Å²) in [5, 5.41) is 0. The topological polar surface area (TPSA) is 73.1 Å². The normalized spacial score (nSPS) is 10.3. The minimum Gasteiger partial charge on any atom is -0.472 e. The first-order valence-electron chi connectivity index (χ1n) is 6.42. The average Bonchev–Trinajstić information content (AvgIpc) is 2.48. The number of hydrogen-bond donors (Lipinski definition) is 2. The van der Waals surface area contributed by atoms with Crippen LogP contribution in [-0.2, 0) is 13.0 Å². The largest absolute Gasteiger partial charge is 0.472 e. The molecule has 0 aliphatic carbocycles. The van der Waals surface area contributed by atoms with E-state index in [1.165, 1.54) is 6.33 Å². The van der Waals surface area contributed by atoms with E-state index in [4.69, 9.17) is 10.6 Å². The highest BCUT2D eigenvalue weighted by atomic mass is 79.9. The van der Waals surface area contributed by atoms with Crippen LogP contribution in [0.2, 0.25) is 0 Å². The molecule has 1 aromatic carbocycles. The molecule has 1 heterocycles. The third-order valence-electron chi connectivity index (χ3n) is 2.83. The molecule has 0 unspecified atom stereocenters. The van der Waals surface area contributed by atoms with Crippen molar-refractivity contribution in [3.05, 3.63) is 46.2 Å². The molecule has 0 saturated heterocycles. The zero-order chi connectivity index (χ0) is 14.4. The summed E-state index contributed by atoms with van der Waals surface area (Å²) < 4.78 is 6.84. The minimum atomic E-state index is 0.463. The lowest BCUT2D eigenvalue weighted by Crippen LogP contribution is -2.13. The van der Waals surface area contributed by atoms with Crippen LogP contribution >= 0.6 is 15.9 Å². The number of nitrogens with one attached hydrogen (secondary N) is 1. The number of hydrazine groups is 1. The summed E-state index contributed by atoms with van der Waals surface area (Å²) in [6.07, 6.45) is 3.23. The first-order chi connectivity index (χ1) is 9.74. The van der Waals surface area contributed by atoms with Gasteiger partial charge in [-0.05, 0) is 24.1 Å². The molecule has 0 saturated carbocycles. The Morgan fingerprint density at radius 2 is 2.00 bits per heavy atom. The van der Waals surface area contributed by atoms with Crippen LogP contribution in [0.15, 0.2) is 35.1 Å². The fourth-order valence-corrected chi connectivity index (χ4v) is 2.12. The Bertz CT molecular complexity index is 560. The first-order valence-corrected chi connectivity index (χ1v) is 7.21. The molecule has 0 radical (unpaired) electrons. The highest BCUT2D eigenvalue weighted by Gasteiger charge is 2.11. The van der Waals surface area contributed by atoms with E-state index in [0.717, 1.165) is 28.4 Å². The van der Waals surface area contributed by atoms with Crippen LogP contribution in [0.3, 0.4) is 0 Å². The molecule has 5 nitrogen and oxygen atoms in total. The number of nitrogens with zero attached hydrogens (tertiary/aromatic N) is 2. The van der Waals surface area contributed by atoms with Crippen molar-refractivity contribution in [1.82, 2.24) is 9.97 Å². The van der Waals surface area contributed by atoms with E-state index in [0.29, 0.717) is 18.3 Å². The van der Waals surface area contributed by atoms with Gasteiger partial charge in [0.05, 0.1) is 5.56 Å². The zero-order valence-corrected chi connectivity index (χ0v) is 12.9. The van der Waals surface area contributed by atoms with Gasteiger partial charge in [-0.15, -0.1) is 0 Å². The zero-order valence-electron chi connectivity index (χ0n) is 11.3. The molecule has 0 aliphatic heterocycles. The second-order valence-electron chi connectivity index (χ2n) is 4.32. The molecule has 2 aromatic rings. The lowest BCUT2D eigenvalue weighted by atomic mass is 10.2. The maximum absolute atomic E-state index is 5.80. The van der Waals surface area contributed by atoms with Gasteiger partial charge in [0.2, 0.25) is 5.88 Å². The van der Waals surface area contributed by atoms with Gasteiger partial charge in [0.1, 0.15) is 18.8 Å². The van der Waals surface area contributed by atoms with Gasteiger partial charge >= 0.3 is 0 Å². The molecule has 0 fully saturated rings. The van der Waals surface area contributed by atoms with Crippen LogP contribution in [0.5, 0.6) is 5.88 Å². The maximum atomic E-state index is 5.80. The predicted molar refractivity (Wildman–Crippen MR) is 82.3 cm³/mol. The summed E-state index contributed by atoms with van der Waals surface area (Å²) in [4.78, 5) is 8.31. The number of nitrogen functional groups attached to an aromatic ring is 1. The molecule has 20 heavy (non-hydrogen) atoms. The van der Waals surface area contributed by atoms with Gasteiger partial charge in [0.15, 0.2) is 0 Å². The van der Waals surface area contributed by atoms with Crippen LogP contribution in [0.1, 0.15) is 24.5 Å². The number of ether oxygens (including phenoxy) is 1. The predicted octanol–water partition coefficient (Wildman–Crippen LogP) is 3.06. The number of hydrogen-bond acceptors (Lipinski definition) is 5. The molecule has 106 valence electrons. The molecule has 3 N–H and O–H groups in total. The molecule has 0 aliphatic rings. The van der Waals surface area contributed by atoms with Gasteiger partial charge in [-0.3, -0.25) is 0 Å². The second kappa shape index (κ2) is 7.21. The van der Waals surface area contributed by atoms with Crippen LogP contribution in [0.4, 0.5) is 5.82 Å². The maximum Gasteiger partial charge on any atom is 0.222 e. The average molecular weight is 337 g/mol. The number of halogens is 1. The fourth-order valence-electron chi connectivity index (χ4n) is 1.85. The summed E-state index contributed by atoms with van der Waals surface area (Å²) >= 11 is 3.41. The Hall–Kier alpha value is -1.66. The van der Waals surface area contributed by atoms with E-state index in [-0.39, 0.29) is 0 Å². The summed E-state index contributed by atoms with van der Waals surface area (Å²) in [6, 6.07) is 7.98. The Morgan fingerprint density at radius 3 is 2.65 bits per heavy atom. The number of nitrogens with two attached hydrogens (primary N) is 1. The number of anilines is 1. The standard InChI is InChI=1S/C14H17BrN4O/c1-2-3-12-13(19-16)17-9-18-14(12)20-8-10-4-6-11(15)7-5-10/h4-7,9H,2-3,8,16H2,1H3,(H,17,18,19). The summed E-state index contributed by atoms with van der Waals surface area (Å²) in [5.41, 5.74) is 4.58. The van der Waals surface area contributed by atoms with Gasteiger partial charge in [-0.1, -0.05) is 41.4 Å². The van der Waals surface area contributed by atoms with E-state index >= 15 is 0 Å². The van der Waals surface area contributed by atoms with Gasteiger partial charge in [-0.25, -0.2) is 15.8 Å². The van der Waals surface area contributed by atoms with Crippen molar-refractivity contribution in [3.63, 3.8) is 0 Å². The SMILES string of the molecule is CCCc1c(NN)ncnc1OCc1ccc(Br)cc1. The Morgan fingerprint density at radius 1 is 1.25 bits per heavy atom. The van der Waals surface area contributed by atoms with E-state index in [2.05, 4.69) is 38.2 Å². The number of benzene rings is 1. The lowest BCUT2D eigenvalue weighted by molar-refractivity contribution is 0.290. The quantitative estimate of drug-likeness (QED) is 0.626. The number of rotatable bonds is 6. The van der Waals surface area contributed by atoms with Gasteiger partial charge in [0, 0.05) is 4.47 Å². The molecule has 2 rings (SSSR count). The summed E-state index contributed by atoms with van der Waals surface area (Å²) in [7, 11) is 0. The molecule has 0 bridgehead atoms. The molecule has 1 aromatic heterocycles. The van der Waals surface area contributed by atoms with Crippen molar-refractivity contribution in [2.24, 2.45) is 5.84 Å². The van der Waals surface area contributed by atoms with E-state index in [1.807, 2.05) is 24.3 Å². The summed E-state index contributed by atoms with van der Waals surface area (Å²) in [5.74, 6) is 6.67. The van der Waals surface area contributed by atoms with Crippen molar-refractivity contribution in [1.29, 1.82) is 0 Å². The highest BCUT2D eigenvalue weighted by molar-refractivity contribution is 9.10. The van der Waals surface area contributed by atoms with Crippen molar-refractivity contribution in [2.45, 2.75) is 26.4 Å². The Balaban J connectivity index is 2.14. The van der Waals surface area contributed by atoms with Crippen molar-refractivity contribution in [3.8, 4) is 5.88 Å². The van der Waals surface area contributed by atoms with Gasteiger partial charge < -0.3 is 10.2 Å². The number of aromatic nitrogens is 2. The molecular weight excluding hydrogens is 320 g/mol. The van der Waals surface area contributed by atoms with Gasteiger partial charge in [-0.2, -0.15) is 0 Å². The van der Waals surface area contributed by atoms with Crippen LogP contribution in [0.25, 0.3) is 0 Å². The minimum absolute atomic E-state index is 0.463. The first kappa shape index (κ1) is 14.7. The van der Waals surface area contributed by atoms with Crippen molar-refractivity contribution in [2.75, 3.05) is 5.43 Å². The third kappa shape index (κ3) is 3.68.